The van der Waals surface area contributed by atoms with E-state index in [9.17, 15) is 51.6 Å². The number of benzene rings is 1. The van der Waals surface area contributed by atoms with Crippen LogP contribution in [0, 0.1) is 23.2 Å². The van der Waals surface area contributed by atoms with E-state index in [1.54, 1.807) is 20.9 Å². The number of likely N-dealkylation sites (N-methyl/N-ethyl adjacent to an activating group) is 2. The lowest BCUT2D eigenvalue weighted by atomic mass is 9.84. The summed E-state index contributed by atoms with van der Waals surface area (Å²) in [7, 11) is -0.978. The highest BCUT2D eigenvalue weighted by Crippen LogP contribution is 2.26. The third kappa shape index (κ3) is 21.7. The van der Waals surface area contributed by atoms with E-state index in [1.807, 2.05) is 46.6 Å². The van der Waals surface area contributed by atoms with Crippen molar-refractivity contribution in [1.29, 1.82) is 0 Å². The highest BCUT2D eigenvalue weighted by atomic mass is 32.2. The van der Waals surface area contributed by atoms with Crippen molar-refractivity contribution in [2.45, 2.75) is 129 Å². The summed E-state index contributed by atoms with van der Waals surface area (Å²) in [5.41, 5.74) is 4.72. The number of nitrogens with two attached hydrogens (primary N) is 1. The van der Waals surface area contributed by atoms with Gasteiger partial charge in [-0.3, -0.25) is 48.2 Å². The molecule has 0 unspecified atom stereocenters. The molecule has 9 amide bonds. The zero-order valence-electron chi connectivity index (χ0n) is 46.4. The first kappa shape index (κ1) is 65.2. The number of nitrogens with zero attached hydrogens (tertiary/aromatic N) is 3. The molecule has 1 saturated heterocycles. The summed E-state index contributed by atoms with van der Waals surface area (Å²) in [6, 6.07) is 1.16. The van der Waals surface area contributed by atoms with Crippen LogP contribution in [0.25, 0.3) is 0 Å². The van der Waals surface area contributed by atoms with E-state index in [0.29, 0.717) is 6.42 Å². The number of piperidine rings is 1. The molecule has 1 aromatic rings. The fourth-order valence-electron chi connectivity index (χ4n) is 8.51. The van der Waals surface area contributed by atoms with Crippen LogP contribution in [-0.2, 0) is 62.6 Å². The normalized spacial score (nSPS) is 16.9. The van der Waals surface area contributed by atoms with Gasteiger partial charge >= 0.3 is 6.03 Å². The molecule has 2 heterocycles. The number of ether oxygens (including phenoxy) is 3. The van der Waals surface area contributed by atoms with Crippen molar-refractivity contribution < 1.29 is 65.8 Å². The van der Waals surface area contributed by atoms with Gasteiger partial charge in [0, 0.05) is 55.8 Å². The van der Waals surface area contributed by atoms with E-state index in [0.717, 1.165) is 24.3 Å². The van der Waals surface area contributed by atoms with E-state index >= 15 is 0 Å². The van der Waals surface area contributed by atoms with Gasteiger partial charge in [0.2, 0.25) is 23.6 Å². The van der Waals surface area contributed by atoms with Gasteiger partial charge in [-0.25, -0.2) is 17.9 Å². The third-order valence-corrected chi connectivity index (χ3v) is 14.6. The molecular weight excluding hydrogens is 1020 g/mol. The average Bonchev–Trinajstić information content (AvgIpc) is 3.68. The number of likely N-dealkylation sites (tertiary alicyclic amines) is 1. The van der Waals surface area contributed by atoms with Gasteiger partial charge < -0.3 is 46.1 Å². The van der Waals surface area contributed by atoms with Crippen LogP contribution < -0.4 is 31.7 Å². The Morgan fingerprint density at radius 3 is 2.00 bits per heavy atom. The molecule has 77 heavy (non-hydrogen) atoms. The molecule has 1 aromatic carbocycles. The topological polar surface area (TPSA) is 311 Å². The molecule has 7 N–H and O–H groups in total. The molecule has 0 spiro atoms. The van der Waals surface area contributed by atoms with E-state index in [2.05, 4.69) is 26.0 Å². The van der Waals surface area contributed by atoms with Crippen molar-refractivity contribution in [3.05, 3.63) is 48.1 Å². The second-order valence-electron chi connectivity index (χ2n) is 21.1. The van der Waals surface area contributed by atoms with Crippen LogP contribution in [0.3, 0.4) is 0 Å². The van der Waals surface area contributed by atoms with Gasteiger partial charge in [-0.15, -0.1) is 0 Å². The number of carbonyl (C=O) groups is 9. The maximum Gasteiger partial charge on any atom is 0.312 e. The molecule has 1 fully saturated rings. The predicted octanol–water partition coefficient (Wildman–Crippen LogP) is 2.40. The number of hydrogen-bond donors (Lipinski definition) is 6. The first-order valence-corrected chi connectivity index (χ1v) is 27.7. The van der Waals surface area contributed by atoms with Crippen LogP contribution in [0.4, 0.5) is 10.5 Å². The summed E-state index contributed by atoms with van der Waals surface area (Å²) >= 11 is 0. The van der Waals surface area contributed by atoms with Crippen molar-refractivity contribution in [2.24, 2.45) is 28.9 Å². The number of amides is 9. The number of urea groups is 1. The van der Waals surface area contributed by atoms with Gasteiger partial charge in [0.1, 0.15) is 17.9 Å². The zero-order valence-corrected chi connectivity index (χ0v) is 47.3. The Morgan fingerprint density at radius 2 is 1.44 bits per heavy atom. The number of sulfonamides is 1. The standard InChI is InChI=1S/C53H83N9O14S/c1-34(2)40(33-38(63)22-26-74-28-30-76-31-29-75-27-25-62-44(64)20-21-45(62)65)48(67)57-41(14-13-23-55-52(54)71)49(68)56-37-16-18-39(19-17-37)77(72,73)59-47(66)36(5)32-43(35(3)4)61(10)51(70)46(53(6,7)8)58-50(69)42-15-11-12-24-60(42)9/h16-21,32,34-35,40-43,46H,11-15,22-31,33H2,1-10H3,(H,56,68)(H,57,67)(H,58,69)(H,59,66)(H3,54,55,71)/b36-32+/t40-,41-,42+,43+,46+/m0/s1. The van der Waals surface area contributed by atoms with Crippen LogP contribution in [0.15, 0.2) is 53.0 Å². The van der Waals surface area contributed by atoms with Gasteiger partial charge in [0.25, 0.3) is 27.7 Å². The molecule has 23 nitrogen and oxygen atoms in total. The summed E-state index contributed by atoms with van der Waals surface area (Å²) in [6.45, 7) is 16.4. The van der Waals surface area contributed by atoms with Crippen molar-refractivity contribution >= 4 is 68.9 Å². The summed E-state index contributed by atoms with van der Waals surface area (Å²) in [4.78, 5) is 120. The minimum atomic E-state index is -4.46. The molecule has 430 valence electrons. The maximum atomic E-state index is 14.1. The maximum absolute atomic E-state index is 14.1. The molecule has 2 aliphatic heterocycles. The second kappa shape index (κ2) is 31.4. The number of anilines is 1. The molecular formula is C53H83N9O14S. The van der Waals surface area contributed by atoms with Crippen molar-refractivity contribution in [1.82, 2.24) is 35.4 Å². The molecule has 5 atom stereocenters. The van der Waals surface area contributed by atoms with Crippen LogP contribution in [0.2, 0.25) is 0 Å². The molecule has 2 aliphatic rings. The lowest BCUT2D eigenvalue weighted by molar-refractivity contribution is -0.141. The summed E-state index contributed by atoms with van der Waals surface area (Å²) in [5.74, 6) is -5.07. The SMILES string of the molecule is C/C(=C\[C@H](C(C)C)N(C)C(=O)[C@@H](NC(=O)[C@H]1CCCCN1C)C(C)(C)C)C(=O)NS(=O)(=O)c1ccc(NC(=O)[C@H](CCCNC(N)=O)NC(=O)[C@@H](CC(=O)CCOCCOCCOCCN2C(=O)C=CC2=O)C(C)C)cc1. The minimum Gasteiger partial charge on any atom is -0.379 e. The Morgan fingerprint density at radius 1 is 0.844 bits per heavy atom. The second-order valence-corrected chi connectivity index (χ2v) is 22.8. The zero-order chi connectivity index (χ0) is 57.6. The third-order valence-electron chi connectivity index (χ3n) is 13.2. The number of rotatable bonds is 32. The number of carbonyl (C=O) groups excluding carboxylic acids is 9. The molecule has 0 saturated carbocycles. The van der Waals surface area contributed by atoms with Crippen LogP contribution in [0.1, 0.15) is 100 Å². The summed E-state index contributed by atoms with van der Waals surface area (Å²) in [5, 5.41) is 10.9. The number of nitrogens with one attached hydrogen (secondary N) is 5. The molecule has 0 radical (unpaired) electrons. The molecule has 24 heteroatoms. The highest BCUT2D eigenvalue weighted by molar-refractivity contribution is 7.90. The smallest absolute Gasteiger partial charge is 0.312 e. The summed E-state index contributed by atoms with van der Waals surface area (Å²) in [6.07, 6.45) is 6.69. The lowest BCUT2D eigenvalue weighted by Gasteiger charge is -2.39. The predicted molar refractivity (Wildman–Crippen MR) is 287 cm³/mol. The Hall–Kier alpha value is -6.08. The average molecular weight is 1100 g/mol. The molecule has 0 aromatic heterocycles. The van der Waals surface area contributed by atoms with Gasteiger partial charge in [0.05, 0.1) is 63.2 Å². The highest BCUT2D eigenvalue weighted by Gasteiger charge is 2.39. The number of hydrogen-bond acceptors (Lipinski definition) is 15. The fourth-order valence-corrected chi connectivity index (χ4v) is 9.53. The van der Waals surface area contributed by atoms with E-state index in [4.69, 9.17) is 19.9 Å². The van der Waals surface area contributed by atoms with Crippen molar-refractivity contribution in [3.8, 4) is 0 Å². The Labute approximate surface area is 453 Å². The lowest BCUT2D eigenvalue weighted by Crippen LogP contribution is -2.59. The molecule has 0 bridgehead atoms. The van der Waals surface area contributed by atoms with Crippen LogP contribution >= 0.6 is 0 Å². The monoisotopic (exact) mass is 1100 g/mol. The van der Waals surface area contributed by atoms with Gasteiger partial charge in [-0.05, 0) is 87.7 Å². The fraction of sp³-hybridized carbons (Fsp3) is 0.642. The Kier molecular flexibility index (Phi) is 26.6. The number of Topliss-reactive ketones (excluding diaryl/α,β-unsaturated/α-hetero) is 1. The quantitative estimate of drug-likeness (QED) is 0.0343. The van der Waals surface area contributed by atoms with Crippen molar-refractivity contribution in [2.75, 3.05) is 78.7 Å². The largest absolute Gasteiger partial charge is 0.379 e. The molecule has 3 rings (SSSR count). The Bertz CT molecular complexity index is 2370. The van der Waals surface area contributed by atoms with E-state index in [-0.39, 0.29) is 142 Å². The Balaban J connectivity index is 1.58. The van der Waals surface area contributed by atoms with Crippen molar-refractivity contribution in [3.63, 3.8) is 0 Å². The number of imide groups is 1. The first-order chi connectivity index (χ1) is 36.1. The molecule has 0 aliphatic carbocycles. The van der Waals surface area contributed by atoms with Crippen LogP contribution in [-0.4, -0.2) is 174 Å². The summed E-state index contributed by atoms with van der Waals surface area (Å²) < 4.78 is 45.5. The van der Waals surface area contributed by atoms with E-state index in [1.165, 1.54) is 54.3 Å². The number of ketones is 1. The number of primary amides is 1. The van der Waals surface area contributed by atoms with Gasteiger partial charge in [0.15, 0.2) is 0 Å². The van der Waals surface area contributed by atoms with E-state index < -0.39 is 63.2 Å². The van der Waals surface area contributed by atoms with Crippen LogP contribution in [0.5, 0.6) is 0 Å². The minimum absolute atomic E-state index is 0.0230. The van der Waals surface area contributed by atoms with Gasteiger partial charge in [-0.1, -0.05) is 61.0 Å². The first-order valence-electron chi connectivity index (χ1n) is 26.2. The van der Waals surface area contributed by atoms with Gasteiger partial charge in [-0.2, -0.15) is 0 Å².